The van der Waals surface area contributed by atoms with E-state index in [0.29, 0.717) is 18.7 Å². The van der Waals surface area contributed by atoms with E-state index in [1.54, 1.807) is 0 Å². The average molecular weight is 375 g/mol. The Morgan fingerprint density at radius 3 is 2.59 bits per heavy atom. The van der Waals surface area contributed by atoms with Crippen molar-refractivity contribution in [3.05, 3.63) is 29.3 Å². The van der Waals surface area contributed by atoms with Gasteiger partial charge in [-0.2, -0.15) is 0 Å². The number of morpholine rings is 1. The fraction of sp³-hybridized carbons (Fsp3) is 0.600. The van der Waals surface area contributed by atoms with Gasteiger partial charge in [-0.1, -0.05) is 6.07 Å². The van der Waals surface area contributed by atoms with Crippen molar-refractivity contribution in [3.63, 3.8) is 0 Å². The number of hydrazine groups is 1. The molecule has 1 saturated heterocycles. The standard InChI is InChI=1S/C20H29N3O4/c1-14-11-23(12-15(2)27-14)9-8-19(24)21-22-20(25)13-26-18-7-6-16-4-3-5-17(16)10-18/h6-7,10,14-15H,3-5,8-9,11-13H2,1-2H3,(H,21,24)(H,22,25)/t14-,15-/m0/s1. The summed E-state index contributed by atoms with van der Waals surface area (Å²) in [5.41, 5.74) is 7.51. The van der Waals surface area contributed by atoms with Gasteiger partial charge in [0, 0.05) is 26.1 Å². The third-order valence-electron chi connectivity index (χ3n) is 4.93. The van der Waals surface area contributed by atoms with Gasteiger partial charge in [0.25, 0.3) is 5.91 Å². The molecule has 1 aliphatic carbocycles. The molecule has 0 bridgehead atoms. The molecule has 2 atom stereocenters. The number of rotatable bonds is 6. The number of fused-ring (bicyclic) bond motifs is 1. The summed E-state index contributed by atoms with van der Waals surface area (Å²) in [6.45, 7) is 6.22. The second-order valence-electron chi connectivity index (χ2n) is 7.44. The van der Waals surface area contributed by atoms with Crippen LogP contribution in [0.3, 0.4) is 0 Å². The molecule has 1 aliphatic heterocycles. The summed E-state index contributed by atoms with van der Waals surface area (Å²) in [7, 11) is 0. The number of hydrogen-bond acceptors (Lipinski definition) is 5. The first-order valence-electron chi connectivity index (χ1n) is 9.69. The Morgan fingerprint density at radius 1 is 1.11 bits per heavy atom. The molecule has 2 aliphatic rings. The first-order chi connectivity index (χ1) is 13.0. The number of carbonyl (C=O) groups excluding carboxylic acids is 2. The number of benzene rings is 1. The molecule has 0 aromatic heterocycles. The lowest BCUT2D eigenvalue weighted by Crippen LogP contribution is -2.48. The fourth-order valence-electron chi connectivity index (χ4n) is 3.75. The number of amides is 2. The number of aryl methyl sites for hydroxylation is 2. The van der Waals surface area contributed by atoms with Crippen LogP contribution >= 0.6 is 0 Å². The molecule has 7 heteroatoms. The van der Waals surface area contributed by atoms with Crippen LogP contribution in [-0.4, -0.2) is 55.2 Å². The number of nitrogens with one attached hydrogen (secondary N) is 2. The molecule has 27 heavy (non-hydrogen) atoms. The average Bonchev–Trinajstić information content (AvgIpc) is 3.10. The van der Waals surface area contributed by atoms with Crippen molar-refractivity contribution in [2.45, 2.75) is 51.7 Å². The van der Waals surface area contributed by atoms with E-state index in [-0.39, 0.29) is 30.6 Å². The molecular weight excluding hydrogens is 346 g/mol. The molecule has 1 fully saturated rings. The van der Waals surface area contributed by atoms with Gasteiger partial charge in [0.2, 0.25) is 5.91 Å². The molecule has 0 spiro atoms. The van der Waals surface area contributed by atoms with Crippen LogP contribution in [0.4, 0.5) is 0 Å². The highest BCUT2D eigenvalue weighted by atomic mass is 16.5. The molecule has 0 saturated carbocycles. The van der Waals surface area contributed by atoms with Crippen molar-refractivity contribution < 1.29 is 19.1 Å². The van der Waals surface area contributed by atoms with Crippen molar-refractivity contribution in [1.82, 2.24) is 15.8 Å². The van der Waals surface area contributed by atoms with Gasteiger partial charge in [-0.15, -0.1) is 0 Å². The Morgan fingerprint density at radius 2 is 1.81 bits per heavy atom. The predicted molar refractivity (Wildman–Crippen MR) is 101 cm³/mol. The van der Waals surface area contributed by atoms with E-state index in [1.807, 2.05) is 26.0 Å². The zero-order valence-corrected chi connectivity index (χ0v) is 16.1. The van der Waals surface area contributed by atoms with Gasteiger partial charge in [-0.25, -0.2) is 0 Å². The summed E-state index contributed by atoms with van der Waals surface area (Å²) in [4.78, 5) is 26.0. The van der Waals surface area contributed by atoms with E-state index in [9.17, 15) is 9.59 Å². The molecular formula is C20H29N3O4. The zero-order chi connectivity index (χ0) is 19.2. The quantitative estimate of drug-likeness (QED) is 0.731. The van der Waals surface area contributed by atoms with Crippen LogP contribution in [0.15, 0.2) is 18.2 Å². The van der Waals surface area contributed by atoms with Crippen molar-refractivity contribution in [1.29, 1.82) is 0 Å². The van der Waals surface area contributed by atoms with Crippen LogP contribution in [0.25, 0.3) is 0 Å². The first-order valence-corrected chi connectivity index (χ1v) is 9.69. The second-order valence-corrected chi connectivity index (χ2v) is 7.44. The minimum Gasteiger partial charge on any atom is -0.484 e. The van der Waals surface area contributed by atoms with E-state index >= 15 is 0 Å². The van der Waals surface area contributed by atoms with Crippen LogP contribution in [0.5, 0.6) is 5.75 Å². The van der Waals surface area contributed by atoms with Crippen molar-refractivity contribution in [3.8, 4) is 5.75 Å². The highest BCUT2D eigenvalue weighted by molar-refractivity contribution is 5.82. The molecule has 1 aromatic carbocycles. The van der Waals surface area contributed by atoms with Gasteiger partial charge < -0.3 is 9.47 Å². The van der Waals surface area contributed by atoms with Crippen molar-refractivity contribution in [2.75, 3.05) is 26.2 Å². The Bertz CT molecular complexity index is 669. The van der Waals surface area contributed by atoms with Gasteiger partial charge in [0.05, 0.1) is 12.2 Å². The highest BCUT2D eigenvalue weighted by Crippen LogP contribution is 2.25. The van der Waals surface area contributed by atoms with Crippen molar-refractivity contribution in [2.24, 2.45) is 0 Å². The molecule has 2 N–H and O–H groups in total. The summed E-state index contributed by atoms with van der Waals surface area (Å²) in [5.74, 6) is 0.0952. The zero-order valence-electron chi connectivity index (χ0n) is 16.1. The third kappa shape index (κ3) is 5.94. The Balaban J connectivity index is 1.32. The smallest absolute Gasteiger partial charge is 0.276 e. The lowest BCUT2D eigenvalue weighted by Gasteiger charge is -2.35. The summed E-state index contributed by atoms with van der Waals surface area (Å²) < 4.78 is 11.2. The molecule has 3 rings (SSSR count). The topological polar surface area (TPSA) is 79.9 Å². The lowest BCUT2D eigenvalue weighted by atomic mass is 10.1. The van der Waals surface area contributed by atoms with Crippen LogP contribution in [0.2, 0.25) is 0 Å². The molecule has 0 unspecified atom stereocenters. The maximum absolute atomic E-state index is 11.9. The number of hydrogen-bond donors (Lipinski definition) is 2. The monoisotopic (exact) mass is 375 g/mol. The first kappa shape index (κ1) is 19.6. The van der Waals surface area contributed by atoms with Gasteiger partial charge >= 0.3 is 0 Å². The number of ether oxygens (including phenoxy) is 2. The molecule has 1 heterocycles. The normalized spacial score (nSPS) is 22.1. The fourth-order valence-corrected chi connectivity index (χ4v) is 3.75. The third-order valence-corrected chi connectivity index (χ3v) is 4.93. The maximum atomic E-state index is 11.9. The van der Waals surface area contributed by atoms with Gasteiger partial charge in [0.1, 0.15) is 5.75 Å². The second kappa shape index (κ2) is 9.19. The van der Waals surface area contributed by atoms with Gasteiger partial charge in [-0.3, -0.25) is 25.3 Å². The maximum Gasteiger partial charge on any atom is 0.276 e. The SMILES string of the molecule is C[C@H]1CN(CCC(=O)NNC(=O)COc2ccc3c(c2)CCC3)C[C@H](C)O1. The largest absolute Gasteiger partial charge is 0.484 e. The molecule has 1 aromatic rings. The van der Waals surface area contributed by atoms with Crippen molar-refractivity contribution >= 4 is 11.8 Å². The Kier molecular flexibility index (Phi) is 6.68. The Labute approximate surface area is 160 Å². The van der Waals surface area contributed by atoms with Gasteiger partial charge in [-0.05, 0) is 56.4 Å². The molecule has 148 valence electrons. The molecule has 0 radical (unpaired) electrons. The van der Waals surface area contributed by atoms with Crippen LogP contribution in [0.1, 0.15) is 37.8 Å². The number of carbonyl (C=O) groups is 2. The van der Waals surface area contributed by atoms with E-state index in [2.05, 4.69) is 21.8 Å². The minimum atomic E-state index is -0.377. The predicted octanol–water partition coefficient (Wildman–Crippen LogP) is 1.20. The van der Waals surface area contributed by atoms with E-state index in [0.717, 1.165) is 25.9 Å². The van der Waals surface area contributed by atoms with Crippen LogP contribution in [0, 0.1) is 0 Å². The summed E-state index contributed by atoms with van der Waals surface area (Å²) in [6, 6.07) is 5.95. The summed E-state index contributed by atoms with van der Waals surface area (Å²) >= 11 is 0. The summed E-state index contributed by atoms with van der Waals surface area (Å²) in [5, 5.41) is 0. The minimum absolute atomic E-state index is 0.127. The van der Waals surface area contributed by atoms with E-state index in [1.165, 1.54) is 17.5 Å². The van der Waals surface area contributed by atoms with Gasteiger partial charge in [0.15, 0.2) is 6.61 Å². The van der Waals surface area contributed by atoms with Crippen LogP contribution < -0.4 is 15.6 Å². The summed E-state index contributed by atoms with van der Waals surface area (Å²) in [6.07, 6.45) is 4.03. The van der Waals surface area contributed by atoms with E-state index < -0.39 is 0 Å². The lowest BCUT2D eigenvalue weighted by molar-refractivity contribution is -0.130. The Hall–Kier alpha value is -2.12. The highest BCUT2D eigenvalue weighted by Gasteiger charge is 2.22. The molecule has 7 nitrogen and oxygen atoms in total. The molecule has 2 amide bonds. The van der Waals surface area contributed by atoms with Crippen LogP contribution in [-0.2, 0) is 27.2 Å². The van der Waals surface area contributed by atoms with E-state index in [4.69, 9.17) is 9.47 Å². The number of nitrogens with zero attached hydrogens (tertiary/aromatic N) is 1.